The Morgan fingerprint density at radius 3 is 2.55 bits per heavy atom. The van der Waals surface area contributed by atoms with Gasteiger partial charge in [0, 0.05) is 4.75 Å². The minimum atomic E-state index is 0.206. The summed E-state index contributed by atoms with van der Waals surface area (Å²) in [7, 11) is 0. The first kappa shape index (κ1) is 9.18. The molecule has 11 heavy (non-hydrogen) atoms. The fourth-order valence-electron chi connectivity index (χ4n) is 1.61. The van der Waals surface area contributed by atoms with Gasteiger partial charge in [0.15, 0.2) is 0 Å². The normalized spacial score (nSPS) is 26.5. The van der Waals surface area contributed by atoms with Gasteiger partial charge in [-0.2, -0.15) is 12.6 Å². The van der Waals surface area contributed by atoms with E-state index in [1.165, 1.54) is 19.3 Å². The van der Waals surface area contributed by atoms with E-state index in [9.17, 15) is 0 Å². The van der Waals surface area contributed by atoms with Gasteiger partial charge >= 0.3 is 0 Å². The zero-order chi connectivity index (χ0) is 8.48. The van der Waals surface area contributed by atoms with Crippen molar-refractivity contribution in [1.29, 1.82) is 0 Å². The fraction of sp³-hybridized carbons (Fsp3) is 0.800. The lowest BCUT2D eigenvalue weighted by Gasteiger charge is -2.31. The van der Waals surface area contributed by atoms with E-state index >= 15 is 0 Å². The highest BCUT2D eigenvalue weighted by Gasteiger charge is 2.25. The smallest absolute Gasteiger partial charge is 0.0104 e. The number of hydrogen-bond donors (Lipinski definition) is 1. The molecule has 0 aliphatic heterocycles. The predicted molar refractivity (Wildman–Crippen MR) is 54.2 cm³/mol. The minimum Gasteiger partial charge on any atom is -0.173 e. The summed E-state index contributed by atoms with van der Waals surface area (Å²) in [5, 5.41) is 0. The molecule has 0 amide bonds. The van der Waals surface area contributed by atoms with Gasteiger partial charge < -0.3 is 0 Å². The molecular weight excluding hydrogens is 152 g/mol. The third-order valence-corrected chi connectivity index (χ3v) is 3.00. The third-order valence-electron chi connectivity index (χ3n) is 2.64. The molecule has 0 fully saturated rings. The van der Waals surface area contributed by atoms with Gasteiger partial charge in [-0.15, -0.1) is 0 Å². The van der Waals surface area contributed by atoms with Crippen LogP contribution in [0.15, 0.2) is 11.6 Å². The number of allylic oxidation sites excluding steroid dienone is 2. The van der Waals surface area contributed by atoms with E-state index in [1.54, 1.807) is 5.57 Å². The Kier molecular flexibility index (Phi) is 2.69. The zero-order valence-electron chi connectivity index (χ0n) is 7.72. The Bertz CT molecular complexity index is 162. The summed E-state index contributed by atoms with van der Waals surface area (Å²) < 4.78 is 0.206. The van der Waals surface area contributed by atoms with Crippen LogP contribution in [-0.2, 0) is 0 Å². The van der Waals surface area contributed by atoms with Gasteiger partial charge in [0.2, 0.25) is 0 Å². The summed E-state index contributed by atoms with van der Waals surface area (Å²) in [4.78, 5) is 0. The van der Waals surface area contributed by atoms with Crippen LogP contribution in [0.5, 0.6) is 0 Å². The molecule has 64 valence electrons. The van der Waals surface area contributed by atoms with Crippen LogP contribution in [0.1, 0.15) is 40.0 Å². The van der Waals surface area contributed by atoms with Gasteiger partial charge in [-0.25, -0.2) is 0 Å². The molecule has 0 saturated heterocycles. The minimum absolute atomic E-state index is 0.206. The van der Waals surface area contributed by atoms with Crippen molar-refractivity contribution < 1.29 is 0 Å². The summed E-state index contributed by atoms with van der Waals surface area (Å²) in [6.45, 7) is 6.66. The van der Waals surface area contributed by atoms with Crippen LogP contribution in [-0.4, -0.2) is 4.75 Å². The number of rotatable bonds is 1. The van der Waals surface area contributed by atoms with E-state index in [4.69, 9.17) is 0 Å². The first-order valence-electron chi connectivity index (χ1n) is 4.38. The molecule has 1 atom stereocenters. The van der Waals surface area contributed by atoms with Crippen LogP contribution in [0.4, 0.5) is 0 Å². The lowest BCUT2D eigenvalue weighted by molar-refractivity contribution is 0.387. The summed E-state index contributed by atoms with van der Waals surface area (Å²) in [5.74, 6) is 0.773. The van der Waals surface area contributed by atoms with Crippen molar-refractivity contribution in [2.24, 2.45) is 5.92 Å². The van der Waals surface area contributed by atoms with Crippen LogP contribution in [0.25, 0.3) is 0 Å². The van der Waals surface area contributed by atoms with E-state index in [2.05, 4.69) is 39.5 Å². The first-order chi connectivity index (χ1) is 5.00. The van der Waals surface area contributed by atoms with Crippen molar-refractivity contribution in [3.63, 3.8) is 0 Å². The highest BCUT2D eigenvalue weighted by Crippen LogP contribution is 2.35. The second-order valence-corrected chi connectivity index (χ2v) is 5.33. The Balaban J connectivity index is 2.54. The van der Waals surface area contributed by atoms with Gasteiger partial charge in [0.25, 0.3) is 0 Å². The molecule has 0 aromatic rings. The Hall–Kier alpha value is 0.0900. The largest absolute Gasteiger partial charge is 0.173 e. The molecule has 0 bridgehead atoms. The summed E-state index contributed by atoms with van der Waals surface area (Å²) in [6.07, 6.45) is 6.18. The molecule has 0 unspecified atom stereocenters. The predicted octanol–water partition coefficient (Wildman–Crippen LogP) is 3.44. The Morgan fingerprint density at radius 1 is 1.55 bits per heavy atom. The molecule has 0 radical (unpaired) electrons. The van der Waals surface area contributed by atoms with Crippen molar-refractivity contribution in [2.75, 3.05) is 0 Å². The van der Waals surface area contributed by atoms with Crippen LogP contribution >= 0.6 is 12.6 Å². The third kappa shape index (κ3) is 2.55. The van der Waals surface area contributed by atoms with Crippen molar-refractivity contribution in [2.45, 2.75) is 44.8 Å². The van der Waals surface area contributed by atoms with Crippen molar-refractivity contribution in [3.8, 4) is 0 Å². The van der Waals surface area contributed by atoms with Crippen LogP contribution in [0, 0.1) is 5.92 Å². The monoisotopic (exact) mass is 170 g/mol. The molecule has 0 aromatic carbocycles. The molecule has 0 saturated carbocycles. The lowest BCUT2D eigenvalue weighted by Crippen LogP contribution is -2.25. The molecule has 1 aliphatic carbocycles. The lowest BCUT2D eigenvalue weighted by atomic mass is 9.82. The second-order valence-electron chi connectivity index (χ2n) is 4.18. The van der Waals surface area contributed by atoms with E-state index < -0.39 is 0 Å². The maximum absolute atomic E-state index is 4.60. The topological polar surface area (TPSA) is 0 Å². The summed E-state index contributed by atoms with van der Waals surface area (Å²) in [5.41, 5.74) is 1.55. The average Bonchev–Trinajstić information content (AvgIpc) is 1.86. The fourth-order valence-corrected chi connectivity index (χ4v) is 1.84. The molecule has 0 heterocycles. The maximum atomic E-state index is 4.60. The molecule has 1 rings (SSSR count). The van der Waals surface area contributed by atoms with Crippen molar-refractivity contribution >= 4 is 12.6 Å². The quantitative estimate of drug-likeness (QED) is 0.452. The Labute approximate surface area is 75.5 Å². The van der Waals surface area contributed by atoms with E-state index in [0.717, 1.165) is 5.92 Å². The molecule has 0 nitrogen and oxygen atoms in total. The number of hydrogen-bond acceptors (Lipinski definition) is 1. The summed E-state index contributed by atoms with van der Waals surface area (Å²) in [6, 6.07) is 0. The molecular formula is C10H18S. The summed E-state index contributed by atoms with van der Waals surface area (Å²) >= 11 is 4.60. The standard InChI is InChI=1S/C10H18S/c1-8-4-6-9(7-5-8)10(2,3)11/h4,9,11H,5-7H2,1-3H3/t9-/m1/s1. The molecule has 0 aromatic heterocycles. The zero-order valence-corrected chi connectivity index (χ0v) is 8.62. The van der Waals surface area contributed by atoms with Crippen LogP contribution in [0.3, 0.4) is 0 Å². The molecule has 0 spiro atoms. The van der Waals surface area contributed by atoms with Gasteiger partial charge in [-0.3, -0.25) is 0 Å². The van der Waals surface area contributed by atoms with Crippen molar-refractivity contribution in [1.82, 2.24) is 0 Å². The van der Waals surface area contributed by atoms with E-state index in [-0.39, 0.29) is 4.75 Å². The van der Waals surface area contributed by atoms with Gasteiger partial charge in [0.1, 0.15) is 0 Å². The van der Waals surface area contributed by atoms with Gasteiger partial charge in [-0.05, 0) is 32.1 Å². The van der Waals surface area contributed by atoms with Gasteiger partial charge in [-0.1, -0.05) is 25.5 Å². The van der Waals surface area contributed by atoms with Crippen molar-refractivity contribution in [3.05, 3.63) is 11.6 Å². The highest BCUT2D eigenvalue weighted by molar-refractivity contribution is 7.81. The second kappa shape index (κ2) is 3.22. The molecule has 1 aliphatic rings. The first-order valence-corrected chi connectivity index (χ1v) is 4.83. The highest BCUT2D eigenvalue weighted by atomic mass is 32.1. The average molecular weight is 170 g/mol. The molecule has 1 heteroatoms. The molecule has 0 N–H and O–H groups in total. The Morgan fingerprint density at radius 2 is 2.18 bits per heavy atom. The maximum Gasteiger partial charge on any atom is 0.0104 e. The van der Waals surface area contributed by atoms with Crippen LogP contribution in [0.2, 0.25) is 0 Å². The van der Waals surface area contributed by atoms with Gasteiger partial charge in [0.05, 0.1) is 0 Å². The van der Waals surface area contributed by atoms with Crippen LogP contribution < -0.4 is 0 Å². The van der Waals surface area contributed by atoms with E-state index in [1.807, 2.05) is 0 Å². The van der Waals surface area contributed by atoms with E-state index in [0.29, 0.717) is 0 Å². The number of thiol groups is 1. The SMILES string of the molecule is CC1=CC[C@@H](C(C)(C)S)CC1.